The Balaban J connectivity index is 1.55. The predicted octanol–water partition coefficient (Wildman–Crippen LogP) is 4.47. The van der Waals surface area contributed by atoms with Gasteiger partial charge in [-0.2, -0.15) is 10.2 Å². The number of benzene rings is 1. The van der Waals surface area contributed by atoms with Crippen LogP contribution in [0.3, 0.4) is 0 Å². The fourth-order valence-electron chi connectivity index (χ4n) is 3.88. The highest BCUT2D eigenvalue weighted by Crippen LogP contribution is 2.37. The minimum absolute atomic E-state index is 0.202. The molecule has 3 aromatic heterocycles. The highest BCUT2D eigenvalue weighted by atomic mass is 19.3. The average Bonchev–Trinajstić information content (AvgIpc) is 3.47. The standard InChI is InChI=1S/C20H16F4N6/c21-13-3-4-15(22)14(8-13)16-2-1-6-28(16)18-5-7-29-20(27-18)17(10-26-29)30-11-12(9-25-30)19(23)24/h3-5,7-11,16,19H,1-2,6H2/t16-/m0/s1. The van der Waals surface area contributed by atoms with Crippen LogP contribution in [0.2, 0.25) is 0 Å². The molecule has 10 heteroatoms. The van der Waals surface area contributed by atoms with Gasteiger partial charge >= 0.3 is 0 Å². The third-order valence-electron chi connectivity index (χ3n) is 5.30. The summed E-state index contributed by atoms with van der Waals surface area (Å²) in [5, 5.41) is 8.18. The van der Waals surface area contributed by atoms with E-state index < -0.39 is 18.1 Å². The van der Waals surface area contributed by atoms with Gasteiger partial charge in [-0.3, -0.25) is 0 Å². The van der Waals surface area contributed by atoms with Gasteiger partial charge in [0.05, 0.1) is 24.0 Å². The van der Waals surface area contributed by atoms with Crippen LogP contribution in [0, 0.1) is 11.6 Å². The first-order chi connectivity index (χ1) is 14.5. The van der Waals surface area contributed by atoms with Crippen molar-refractivity contribution in [2.24, 2.45) is 0 Å². The fourth-order valence-corrected chi connectivity index (χ4v) is 3.88. The summed E-state index contributed by atoms with van der Waals surface area (Å²) in [5.41, 5.74) is 0.946. The van der Waals surface area contributed by atoms with Gasteiger partial charge in [-0.25, -0.2) is 31.7 Å². The highest BCUT2D eigenvalue weighted by molar-refractivity contribution is 5.61. The van der Waals surface area contributed by atoms with E-state index in [0.717, 1.165) is 24.8 Å². The van der Waals surface area contributed by atoms with Crippen LogP contribution in [-0.2, 0) is 0 Å². The molecule has 0 N–H and O–H groups in total. The number of alkyl halides is 2. The molecule has 6 nitrogen and oxygen atoms in total. The van der Waals surface area contributed by atoms with Gasteiger partial charge in [0.15, 0.2) is 5.65 Å². The van der Waals surface area contributed by atoms with Crippen molar-refractivity contribution in [1.29, 1.82) is 0 Å². The first-order valence-electron chi connectivity index (χ1n) is 9.40. The van der Waals surface area contributed by atoms with Gasteiger partial charge in [-0.15, -0.1) is 0 Å². The molecule has 1 aliphatic rings. The minimum atomic E-state index is -2.63. The predicted molar refractivity (Wildman–Crippen MR) is 101 cm³/mol. The molecule has 1 fully saturated rings. The van der Waals surface area contributed by atoms with E-state index in [9.17, 15) is 17.6 Å². The van der Waals surface area contributed by atoms with Crippen LogP contribution in [0.5, 0.6) is 0 Å². The summed E-state index contributed by atoms with van der Waals surface area (Å²) in [7, 11) is 0. The molecule has 1 aliphatic heterocycles. The maximum absolute atomic E-state index is 14.4. The molecule has 1 aromatic carbocycles. The van der Waals surface area contributed by atoms with E-state index in [4.69, 9.17) is 0 Å². The topological polar surface area (TPSA) is 51.2 Å². The molecule has 4 aromatic rings. The Morgan fingerprint density at radius 1 is 1.07 bits per heavy atom. The lowest BCUT2D eigenvalue weighted by Gasteiger charge is -2.26. The summed E-state index contributed by atoms with van der Waals surface area (Å²) in [6.45, 7) is 0.630. The van der Waals surface area contributed by atoms with Gasteiger partial charge in [-0.05, 0) is 37.1 Å². The summed E-state index contributed by atoms with van der Waals surface area (Å²) < 4.78 is 56.7. The van der Waals surface area contributed by atoms with Gasteiger partial charge in [0.1, 0.15) is 23.1 Å². The number of halogens is 4. The molecule has 0 saturated carbocycles. The number of aromatic nitrogens is 5. The van der Waals surface area contributed by atoms with Crippen LogP contribution in [0.25, 0.3) is 11.3 Å². The second-order valence-electron chi connectivity index (χ2n) is 7.12. The molecule has 0 bridgehead atoms. The van der Waals surface area contributed by atoms with Crippen molar-refractivity contribution in [2.45, 2.75) is 25.3 Å². The van der Waals surface area contributed by atoms with E-state index in [1.165, 1.54) is 27.7 Å². The summed E-state index contributed by atoms with van der Waals surface area (Å²) >= 11 is 0. The zero-order valence-corrected chi connectivity index (χ0v) is 15.6. The fraction of sp³-hybridized carbons (Fsp3) is 0.250. The Morgan fingerprint density at radius 3 is 2.73 bits per heavy atom. The minimum Gasteiger partial charge on any atom is -0.349 e. The highest BCUT2D eigenvalue weighted by Gasteiger charge is 2.30. The number of fused-ring (bicyclic) bond motifs is 1. The molecule has 0 unspecified atom stereocenters. The van der Waals surface area contributed by atoms with Crippen molar-refractivity contribution >= 4 is 11.5 Å². The summed E-state index contributed by atoms with van der Waals surface area (Å²) in [4.78, 5) is 6.56. The zero-order chi connectivity index (χ0) is 20.8. The number of hydrogen-bond donors (Lipinski definition) is 0. The Labute approximate surface area is 168 Å². The van der Waals surface area contributed by atoms with Gasteiger partial charge < -0.3 is 4.90 Å². The van der Waals surface area contributed by atoms with Crippen LogP contribution < -0.4 is 4.90 Å². The van der Waals surface area contributed by atoms with Gasteiger partial charge in [-0.1, -0.05) is 0 Å². The van der Waals surface area contributed by atoms with Crippen LogP contribution in [0.15, 0.2) is 49.1 Å². The van der Waals surface area contributed by atoms with E-state index in [1.807, 2.05) is 4.90 Å². The van der Waals surface area contributed by atoms with Crippen molar-refractivity contribution in [1.82, 2.24) is 24.4 Å². The van der Waals surface area contributed by atoms with E-state index in [0.29, 0.717) is 30.1 Å². The second-order valence-corrected chi connectivity index (χ2v) is 7.12. The van der Waals surface area contributed by atoms with E-state index >= 15 is 0 Å². The van der Waals surface area contributed by atoms with Crippen molar-refractivity contribution in [3.8, 4) is 5.69 Å². The molecule has 5 rings (SSSR count). The number of hydrogen-bond acceptors (Lipinski definition) is 4. The monoisotopic (exact) mass is 416 g/mol. The smallest absolute Gasteiger partial charge is 0.266 e. The Hall–Kier alpha value is -3.43. The molecular formula is C20H16F4N6. The zero-order valence-electron chi connectivity index (χ0n) is 15.6. The van der Waals surface area contributed by atoms with E-state index in [2.05, 4.69) is 15.2 Å². The summed E-state index contributed by atoms with van der Waals surface area (Å²) in [6, 6.07) is 4.84. The van der Waals surface area contributed by atoms with Crippen LogP contribution in [-0.4, -0.2) is 30.9 Å². The number of rotatable bonds is 4. The quantitative estimate of drug-likeness (QED) is 0.461. The normalized spacial score (nSPS) is 16.8. The van der Waals surface area contributed by atoms with Crippen LogP contribution in [0.1, 0.15) is 36.4 Å². The van der Waals surface area contributed by atoms with E-state index in [-0.39, 0.29) is 17.2 Å². The Morgan fingerprint density at radius 2 is 1.93 bits per heavy atom. The number of anilines is 1. The molecule has 1 saturated heterocycles. The van der Waals surface area contributed by atoms with E-state index in [1.54, 1.807) is 12.3 Å². The molecule has 0 aliphatic carbocycles. The number of nitrogens with zero attached hydrogens (tertiary/aromatic N) is 6. The third-order valence-corrected chi connectivity index (χ3v) is 5.30. The molecule has 0 radical (unpaired) electrons. The van der Waals surface area contributed by atoms with Crippen molar-refractivity contribution in [3.63, 3.8) is 0 Å². The summed E-state index contributed by atoms with van der Waals surface area (Å²) in [6.07, 6.45) is 4.35. The van der Waals surface area contributed by atoms with Gasteiger partial charge in [0.25, 0.3) is 6.43 Å². The third kappa shape index (κ3) is 3.08. The first kappa shape index (κ1) is 18.6. The second kappa shape index (κ2) is 7.12. The molecule has 0 amide bonds. The molecule has 30 heavy (non-hydrogen) atoms. The first-order valence-corrected chi connectivity index (χ1v) is 9.40. The van der Waals surface area contributed by atoms with Gasteiger partial charge in [0.2, 0.25) is 0 Å². The molecule has 1 atom stereocenters. The molecule has 154 valence electrons. The maximum Gasteiger partial charge on any atom is 0.266 e. The van der Waals surface area contributed by atoms with Crippen molar-refractivity contribution < 1.29 is 17.6 Å². The SMILES string of the molecule is Fc1ccc(F)c([C@@H]2CCCN2c2ccn3ncc(-n4cc(C(F)F)cn4)c3n2)c1. The molecular weight excluding hydrogens is 400 g/mol. The van der Waals surface area contributed by atoms with Crippen molar-refractivity contribution in [3.05, 3.63) is 71.8 Å². The van der Waals surface area contributed by atoms with Crippen molar-refractivity contribution in [2.75, 3.05) is 11.4 Å². The van der Waals surface area contributed by atoms with Crippen LogP contribution >= 0.6 is 0 Å². The largest absolute Gasteiger partial charge is 0.349 e. The maximum atomic E-state index is 14.4. The molecule has 4 heterocycles. The Kier molecular flexibility index (Phi) is 4.41. The summed E-state index contributed by atoms with van der Waals surface area (Å²) in [5.74, 6) is -0.389. The average molecular weight is 416 g/mol. The van der Waals surface area contributed by atoms with Crippen LogP contribution in [0.4, 0.5) is 23.4 Å². The lowest BCUT2D eigenvalue weighted by Crippen LogP contribution is -2.24. The lowest BCUT2D eigenvalue weighted by molar-refractivity contribution is 0.151. The Bertz CT molecular complexity index is 1220. The molecule has 0 spiro atoms. The lowest BCUT2D eigenvalue weighted by atomic mass is 10.0. The van der Waals surface area contributed by atoms with Gasteiger partial charge in [0, 0.05) is 24.5 Å².